The summed E-state index contributed by atoms with van der Waals surface area (Å²) in [6.07, 6.45) is 1.89. The average molecular weight is 266 g/mol. The highest BCUT2D eigenvalue weighted by molar-refractivity contribution is 5.47. The van der Waals surface area contributed by atoms with Gasteiger partial charge in [-0.25, -0.2) is 0 Å². The summed E-state index contributed by atoms with van der Waals surface area (Å²) in [4.78, 5) is 0. The minimum absolute atomic E-state index is 0.955. The second kappa shape index (κ2) is 6.06. The molecule has 0 N–H and O–H groups in total. The largest absolute Gasteiger partial charge is 0.321 e. The first-order valence-electron chi connectivity index (χ1n) is 7.07. The van der Waals surface area contributed by atoms with Crippen molar-refractivity contribution in [2.24, 2.45) is 0 Å². The quantitative estimate of drug-likeness (QED) is 0.703. The highest BCUT2D eigenvalue weighted by Crippen LogP contribution is 2.16. The maximum absolute atomic E-state index is 3.79. The van der Waals surface area contributed by atoms with Gasteiger partial charge in [0.15, 0.2) is 0 Å². The normalized spacial score (nSPS) is 11.3. The van der Waals surface area contributed by atoms with Crippen molar-refractivity contribution in [3.63, 3.8) is 0 Å². The molecule has 2 rings (SSSR count). The van der Waals surface area contributed by atoms with Crippen molar-refractivity contribution >= 4 is 6.08 Å². The first-order valence-corrected chi connectivity index (χ1v) is 7.07. The zero-order valence-corrected chi connectivity index (χ0v) is 12.8. The van der Waals surface area contributed by atoms with Crippen LogP contribution >= 0.6 is 0 Å². The van der Waals surface area contributed by atoms with Gasteiger partial charge in [0, 0.05) is 11.1 Å². The summed E-state index contributed by atoms with van der Waals surface area (Å²) in [5.41, 5.74) is 5.26. The van der Waals surface area contributed by atoms with Crippen molar-refractivity contribution in [2.75, 3.05) is 14.1 Å². The van der Waals surface area contributed by atoms with Gasteiger partial charge in [0.1, 0.15) is 13.1 Å². The lowest BCUT2D eigenvalue weighted by Crippen LogP contribution is -2.37. The van der Waals surface area contributed by atoms with Crippen LogP contribution in [0.4, 0.5) is 0 Å². The predicted molar refractivity (Wildman–Crippen MR) is 87.2 cm³/mol. The molecule has 0 aromatic heterocycles. The van der Waals surface area contributed by atoms with Crippen LogP contribution in [0.3, 0.4) is 0 Å². The second-order valence-corrected chi connectivity index (χ2v) is 6.18. The van der Waals surface area contributed by atoms with Gasteiger partial charge < -0.3 is 4.48 Å². The fourth-order valence-electron chi connectivity index (χ4n) is 2.50. The van der Waals surface area contributed by atoms with Crippen molar-refractivity contribution in [3.05, 3.63) is 77.4 Å². The monoisotopic (exact) mass is 266 g/mol. The van der Waals surface area contributed by atoms with Gasteiger partial charge in [-0.05, 0) is 12.5 Å². The molecule has 104 valence electrons. The summed E-state index contributed by atoms with van der Waals surface area (Å²) in [5, 5.41) is 0. The van der Waals surface area contributed by atoms with Crippen molar-refractivity contribution in [1.29, 1.82) is 0 Å². The van der Waals surface area contributed by atoms with Crippen molar-refractivity contribution < 1.29 is 4.48 Å². The molecule has 1 nitrogen and oxygen atoms in total. The van der Waals surface area contributed by atoms with Crippen molar-refractivity contribution in [1.82, 2.24) is 0 Å². The fourth-order valence-corrected chi connectivity index (χ4v) is 2.50. The zero-order chi connectivity index (χ0) is 14.6. The minimum atomic E-state index is 0.955. The number of rotatable bonds is 5. The Morgan fingerprint density at radius 3 is 1.75 bits per heavy atom. The molecule has 0 amide bonds. The third kappa shape index (κ3) is 4.07. The molecule has 0 radical (unpaired) electrons. The maximum atomic E-state index is 3.79. The number of nitrogens with zero attached hydrogens (tertiary/aromatic N) is 1. The van der Waals surface area contributed by atoms with Gasteiger partial charge in [0.2, 0.25) is 0 Å². The Balaban J connectivity index is 2.05. The van der Waals surface area contributed by atoms with E-state index in [4.69, 9.17) is 0 Å². The Labute approximate surface area is 122 Å². The Bertz CT molecular complexity index is 562. The fraction of sp³-hybridized carbons (Fsp3) is 0.263. The van der Waals surface area contributed by atoms with E-state index < -0.39 is 0 Å². The van der Waals surface area contributed by atoms with Crippen LogP contribution in [-0.4, -0.2) is 18.6 Å². The third-order valence-corrected chi connectivity index (χ3v) is 3.56. The Kier molecular flexibility index (Phi) is 4.41. The minimum Gasteiger partial charge on any atom is -0.321 e. The van der Waals surface area contributed by atoms with Crippen molar-refractivity contribution in [2.45, 2.75) is 20.0 Å². The Morgan fingerprint density at radius 1 is 0.850 bits per heavy atom. The highest BCUT2D eigenvalue weighted by Gasteiger charge is 2.16. The topological polar surface area (TPSA) is 0 Å². The summed E-state index contributed by atoms with van der Waals surface area (Å²) in [7, 11) is 4.56. The molecule has 0 atom stereocenters. The van der Waals surface area contributed by atoms with Gasteiger partial charge in [-0.2, -0.15) is 0 Å². The molecule has 0 aliphatic carbocycles. The van der Waals surface area contributed by atoms with E-state index in [1.807, 2.05) is 6.08 Å². The lowest BCUT2D eigenvalue weighted by Gasteiger charge is -2.30. The zero-order valence-electron chi connectivity index (χ0n) is 12.8. The van der Waals surface area contributed by atoms with Gasteiger partial charge in [0.05, 0.1) is 14.1 Å². The summed E-state index contributed by atoms with van der Waals surface area (Å²) in [6, 6.07) is 17.5. The highest BCUT2D eigenvalue weighted by atomic mass is 15.3. The van der Waals surface area contributed by atoms with E-state index in [1.54, 1.807) is 0 Å². The Hall–Kier alpha value is -1.86. The molecule has 2 aromatic rings. The number of quaternary nitrogens is 1. The molecule has 0 heterocycles. The van der Waals surface area contributed by atoms with E-state index in [9.17, 15) is 0 Å². The van der Waals surface area contributed by atoms with E-state index in [0.717, 1.165) is 17.6 Å². The molecule has 0 unspecified atom stereocenters. The predicted octanol–water partition coefficient (Wildman–Crippen LogP) is 4.41. The smallest absolute Gasteiger partial charge is 0.104 e. The Morgan fingerprint density at radius 2 is 1.30 bits per heavy atom. The van der Waals surface area contributed by atoms with Crippen LogP contribution in [-0.2, 0) is 13.1 Å². The number of aryl methyl sites for hydroxylation is 1. The van der Waals surface area contributed by atoms with Crippen LogP contribution in [0.15, 0.2) is 55.1 Å². The first kappa shape index (κ1) is 14.5. The van der Waals surface area contributed by atoms with Gasteiger partial charge in [0.25, 0.3) is 0 Å². The maximum Gasteiger partial charge on any atom is 0.104 e. The SMILES string of the molecule is C=Cc1ccc(C[N+](C)(C)Cc2ccc(C)cc2)cc1. The molecule has 0 aliphatic rings. The standard InChI is InChI=1S/C19H24N/c1-5-17-10-12-19(13-11-17)15-20(3,4)14-18-8-6-16(2)7-9-18/h5-13H,1,14-15H2,2-4H3/q+1. The average Bonchev–Trinajstić information content (AvgIpc) is 2.41. The van der Waals surface area contributed by atoms with Gasteiger partial charge >= 0.3 is 0 Å². The molecule has 20 heavy (non-hydrogen) atoms. The van der Waals surface area contributed by atoms with E-state index in [2.05, 4.69) is 76.1 Å². The van der Waals surface area contributed by atoms with Crippen LogP contribution < -0.4 is 0 Å². The van der Waals surface area contributed by atoms with E-state index in [-0.39, 0.29) is 0 Å². The molecule has 0 aliphatic heterocycles. The molecule has 0 saturated carbocycles. The summed E-state index contributed by atoms with van der Waals surface area (Å²) in [6.45, 7) is 8.00. The second-order valence-electron chi connectivity index (χ2n) is 6.18. The molecule has 2 aromatic carbocycles. The van der Waals surface area contributed by atoms with E-state index in [0.29, 0.717) is 0 Å². The molecule has 0 fully saturated rings. The lowest BCUT2D eigenvalue weighted by atomic mass is 10.1. The van der Waals surface area contributed by atoms with E-state index >= 15 is 0 Å². The van der Waals surface area contributed by atoms with Crippen LogP contribution in [0.25, 0.3) is 6.08 Å². The van der Waals surface area contributed by atoms with Crippen molar-refractivity contribution in [3.8, 4) is 0 Å². The molecule has 1 heteroatoms. The number of hydrogen-bond acceptors (Lipinski definition) is 0. The van der Waals surface area contributed by atoms with Gasteiger partial charge in [-0.3, -0.25) is 0 Å². The van der Waals surface area contributed by atoms with Crippen LogP contribution in [0.2, 0.25) is 0 Å². The van der Waals surface area contributed by atoms with Crippen LogP contribution in [0, 0.1) is 6.92 Å². The summed E-state index contributed by atoms with van der Waals surface area (Å²) < 4.78 is 0.955. The third-order valence-electron chi connectivity index (χ3n) is 3.56. The van der Waals surface area contributed by atoms with Gasteiger partial charge in [-0.1, -0.05) is 66.7 Å². The number of hydrogen-bond donors (Lipinski definition) is 0. The molecular weight excluding hydrogens is 242 g/mol. The molecule has 0 spiro atoms. The summed E-state index contributed by atoms with van der Waals surface area (Å²) >= 11 is 0. The van der Waals surface area contributed by atoms with Crippen LogP contribution in [0.5, 0.6) is 0 Å². The molecular formula is C19H24N+. The molecule has 0 bridgehead atoms. The lowest BCUT2D eigenvalue weighted by molar-refractivity contribution is -0.916. The first-order chi connectivity index (χ1) is 9.48. The van der Waals surface area contributed by atoms with Gasteiger partial charge in [-0.15, -0.1) is 0 Å². The van der Waals surface area contributed by atoms with E-state index in [1.165, 1.54) is 22.3 Å². The van der Waals surface area contributed by atoms with Crippen LogP contribution in [0.1, 0.15) is 22.3 Å². The molecule has 0 saturated heterocycles. The number of benzene rings is 2. The summed E-state index contributed by atoms with van der Waals surface area (Å²) in [5.74, 6) is 0.